The summed E-state index contributed by atoms with van der Waals surface area (Å²) in [6.45, 7) is 3.03. The third kappa shape index (κ3) is 5.33. The van der Waals surface area contributed by atoms with Crippen LogP contribution in [0.4, 0.5) is 11.5 Å². The first-order valence-corrected chi connectivity index (χ1v) is 13.2. The van der Waals surface area contributed by atoms with Crippen molar-refractivity contribution in [2.75, 3.05) is 30.8 Å². The fourth-order valence-electron chi connectivity index (χ4n) is 5.10. The highest BCUT2D eigenvalue weighted by molar-refractivity contribution is 6.04. The number of rotatable bonds is 7. The van der Waals surface area contributed by atoms with Gasteiger partial charge in [-0.1, -0.05) is 42.5 Å². The number of amides is 1. The molecule has 1 aliphatic heterocycles. The highest BCUT2D eigenvalue weighted by atomic mass is 16.1. The van der Waals surface area contributed by atoms with Crippen LogP contribution in [0.25, 0.3) is 22.2 Å². The highest BCUT2D eigenvalue weighted by Crippen LogP contribution is 2.26. The van der Waals surface area contributed by atoms with Crippen LogP contribution >= 0.6 is 0 Å². The third-order valence-corrected chi connectivity index (χ3v) is 7.33. The fraction of sp³-hybridized carbons (Fsp3) is 0.226. The minimum absolute atomic E-state index is 0.168. The summed E-state index contributed by atoms with van der Waals surface area (Å²) in [7, 11) is 2.16. The molecular weight excluding hydrogens is 472 g/mol. The number of aromatic amines is 1. The Balaban J connectivity index is 1.12. The number of benzene rings is 3. The molecule has 0 bridgehead atoms. The molecule has 1 fully saturated rings. The molecule has 5 aromatic rings. The first kappa shape index (κ1) is 24.0. The van der Waals surface area contributed by atoms with E-state index in [1.54, 1.807) is 0 Å². The second kappa shape index (κ2) is 10.6. The van der Waals surface area contributed by atoms with Crippen LogP contribution in [0.1, 0.15) is 28.8 Å². The van der Waals surface area contributed by atoms with Crippen molar-refractivity contribution in [3.8, 4) is 11.3 Å². The summed E-state index contributed by atoms with van der Waals surface area (Å²) in [6.07, 6.45) is 4.38. The summed E-state index contributed by atoms with van der Waals surface area (Å²) in [5, 5.41) is 15.1. The van der Waals surface area contributed by atoms with Gasteiger partial charge < -0.3 is 20.1 Å². The normalized spacial score (nSPS) is 14.6. The molecule has 3 aromatic carbocycles. The van der Waals surface area contributed by atoms with E-state index in [1.807, 2.05) is 36.4 Å². The number of hydrogen-bond acceptors (Lipinski definition) is 4. The van der Waals surface area contributed by atoms with Crippen molar-refractivity contribution in [1.29, 1.82) is 0 Å². The van der Waals surface area contributed by atoms with E-state index in [0.29, 0.717) is 17.4 Å². The molecule has 7 nitrogen and oxygen atoms in total. The molecule has 192 valence electrons. The molecule has 0 aliphatic carbocycles. The predicted molar refractivity (Wildman–Crippen MR) is 154 cm³/mol. The molecule has 0 spiro atoms. The second-order valence-corrected chi connectivity index (χ2v) is 10.1. The van der Waals surface area contributed by atoms with Gasteiger partial charge in [-0.15, -0.1) is 0 Å². The van der Waals surface area contributed by atoms with Crippen molar-refractivity contribution in [2.24, 2.45) is 0 Å². The Morgan fingerprint density at radius 2 is 1.76 bits per heavy atom. The van der Waals surface area contributed by atoms with E-state index in [9.17, 15) is 4.79 Å². The average molecular weight is 505 g/mol. The van der Waals surface area contributed by atoms with Crippen LogP contribution in [0.15, 0.2) is 91.1 Å². The number of H-pyrrole nitrogens is 1. The van der Waals surface area contributed by atoms with Crippen molar-refractivity contribution >= 4 is 28.3 Å². The summed E-state index contributed by atoms with van der Waals surface area (Å²) in [5.74, 6) is 0.400. The Bertz CT molecular complexity index is 1530. The molecule has 1 saturated heterocycles. The molecule has 38 heavy (non-hydrogen) atoms. The number of piperidine rings is 1. The Morgan fingerprint density at radius 3 is 2.55 bits per heavy atom. The minimum atomic E-state index is -0.168. The quantitative estimate of drug-likeness (QED) is 0.260. The lowest BCUT2D eigenvalue weighted by Crippen LogP contribution is -2.36. The summed E-state index contributed by atoms with van der Waals surface area (Å²) in [5.41, 5.74) is 5.83. The highest BCUT2D eigenvalue weighted by Gasteiger charge is 2.16. The van der Waals surface area contributed by atoms with Gasteiger partial charge in [0, 0.05) is 47.2 Å². The third-order valence-electron chi connectivity index (χ3n) is 7.33. The Kier molecular flexibility index (Phi) is 6.67. The van der Waals surface area contributed by atoms with E-state index in [1.165, 1.54) is 10.9 Å². The van der Waals surface area contributed by atoms with E-state index in [0.717, 1.165) is 54.9 Å². The number of aromatic nitrogens is 3. The van der Waals surface area contributed by atoms with Crippen molar-refractivity contribution in [3.05, 3.63) is 102 Å². The smallest absolute Gasteiger partial charge is 0.256 e. The predicted octanol–water partition coefficient (Wildman–Crippen LogP) is 5.84. The number of nitrogens with zero attached hydrogens (tertiary/aromatic N) is 3. The monoisotopic (exact) mass is 504 g/mol. The lowest BCUT2D eigenvalue weighted by molar-refractivity contribution is 0.102. The zero-order valence-corrected chi connectivity index (χ0v) is 21.5. The number of likely N-dealkylation sites (tertiary alicyclic amines) is 1. The van der Waals surface area contributed by atoms with E-state index in [-0.39, 0.29) is 5.91 Å². The number of carbonyl (C=O) groups is 1. The van der Waals surface area contributed by atoms with E-state index < -0.39 is 0 Å². The Morgan fingerprint density at radius 1 is 0.974 bits per heavy atom. The van der Waals surface area contributed by atoms with Crippen LogP contribution in [0, 0.1) is 0 Å². The average Bonchev–Trinajstić information content (AvgIpc) is 3.58. The summed E-state index contributed by atoms with van der Waals surface area (Å²) < 4.78 is 2.24. The fourth-order valence-corrected chi connectivity index (χ4v) is 5.10. The molecule has 0 saturated carbocycles. The molecule has 2 aromatic heterocycles. The van der Waals surface area contributed by atoms with Gasteiger partial charge in [-0.05, 0) is 80.3 Å². The molecule has 0 atom stereocenters. The van der Waals surface area contributed by atoms with Gasteiger partial charge in [-0.3, -0.25) is 9.89 Å². The molecule has 1 amide bonds. The van der Waals surface area contributed by atoms with Gasteiger partial charge >= 0.3 is 0 Å². The van der Waals surface area contributed by atoms with E-state index in [4.69, 9.17) is 0 Å². The Labute approximate surface area is 222 Å². The van der Waals surface area contributed by atoms with Crippen LogP contribution in [-0.4, -0.2) is 51.8 Å². The van der Waals surface area contributed by atoms with Gasteiger partial charge in [0.2, 0.25) is 0 Å². The molecule has 6 rings (SSSR count). The summed E-state index contributed by atoms with van der Waals surface area (Å²) in [4.78, 5) is 15.2. The molecule has 1 aliphatic rings. The first-order valence-electron chi connectivity index (χ1n) is 13.2. The van der Waals surface area contributed by atoms with Crippen molar-refractivity contribution in [2.45, 2.75) is 25.4 Å². The van der Waals surface area contributed by atoms with Gasteiger partial charge in [0.15, 0.2) is 0 Å². The lowest BCUT2D eigenvalue weighted by atomic mass is 10.0. The van der Waals surface area contributed by atoms with Crippen LogP contribution in [0.5, 0.6) is 0 Å². The van der Waals surface area contributed by atoms with Crippen LogP contribution in [-0.2, 0) is 6.54 Å². The zero-order chi connectivity index (χ0) is 25.9. The van der Waals surface area contributed by atoms with Crippen molar-refractivity contribution in [1.82, 2.24) is 19.7 Å². The number of anilines is 2. The van der Waals surface area contributed by atoms with E-state index >= 15 is 0 Å². The number of carbonyl (C=O) groups excluding carboxylic acids is 1. The van der Waals surface area contributed by atoms with E-state index in [2.05, 4.69) is 92.1 Å². The van der Waals surface area contributed by atoms with Gasteiger partial charge in [0.1, 0.15) is 5.82 Å². The summed E-state index contributed by atoms with van der Waals surface area (Å²) in [6, 6.07) is 28.9. The maximum atomic E-state index is 12.9. The number of nitrogens with one attached hydrogen (secondary N) is 3. The van der Waals surface area contributed by atoms with Gasteiger partial charge in [0.05, 0.1) is 5.69 Å². The number of fused-ring (bicyclic) bond motifs is 1. The molecule has 7 heteroatoms. The van der Waals surface area contributed by atoms with Crippen LogP contribution in [0.2, 0.25) is 0 Å². The molecule has 3 N–H and O–H groups in total. The van der Waals surface area contributed by atoms with Gasteiger partial charge in [0.25, 0.3) is 5.91 Å². The Hall–Kier alpha value is -4.36. The van der Waals surface area contributed by atoms with Crippen molar-refractivity contribution < 1.29 is 4.79 Å². The van der Waals surface area contributed by atoms with Gasteiger partial charge in [-0.25, -0.2) is 0 Å². The first-order chi connectivity index (χ1) is 18.6. The zero-order valence-electron chi connectivity index (χ0n) is 21.5. The number of hydrogen-bond donors (Lipinski definition) is 3. The largest absolute Gasteiger partial charge is 0.382 e. The minimum Gasteiger partial charge on any atom is -0.382 e. The molecule has 0 unspecified atom stereocenters. The lowest BCUT2D eigenvalue weighted by Gasteiger charge is -2.30. The molecule has 3 heterocycles. The van der Waals surface area contributed by atoms with Crippen LogP contribution < -0.4 is 10.6 Å². The van der Waals surface area contributed by atoms with Crippen molar-refractivity contribution in [3.63, 3.8) is 0 Å². The molecular formula is C31H32N6O. The van der Waals surface area contributed by atoms with Gasteiger partial charge in [-0.2, -0.15) is 5.10 Å². The second-order valence-electron chi connectivity index (χ2n) is 10.1. The summed E-state index contributed by atoms with van der Waals surface area (Å²) >= 11 is 0. The maximum absolute atomic E-state index is 12.9. The molecule has 0 radical (unpaired) electrons. The maximum Gasteiger partial charge on any atom is 0.256 e. The SMILES string of the molecule is CN1CCC(Nc2ccc(C(=O)Nc3cc(-c4ccc5ccn(Cc6ccccc6)c5c4)n[nH]3)cc2)CC1. The van der Waals surface area contributed by atoms with Crippen LogP contribution in [0.3, 0.4) is 0 Å². The topological polar surface area (TPSA) is 78.0 Å². The standard InChI is InChI=1S/C31H32N6O/c1-36-16-14-27(15-17-36)32-26-11-9-24(10-12-26)31(38)33-30-20-28(34-35-30)25-8-7-23-13-18-37(29(23)19-25)21-22-5-3-2-4-6-22/h2-13,18-20,27,32H,14-17,21H2,1H3,(H2,33,34,35,38).